The van der Waals surface area contributed by atoms with E-state index >= 15 is 0 Å². The third-order valence-corrected chi connectivity index (χ3v) is 9.01. The molecular weight excluding hydrogens is 524 g/mol. The number of rotatable bonds is 6. The molecule has 8 heteroatoms. The predicted molar refractivity (Wildman–Crippen MR) is 152 cm³/mol. The molecule has 41 heavy (non-hydrogen) atoms. The minimum atomic E-state index is -1.16. The van der Waals surface area contributed by atoms with Gasteiger partial charge in [0, 0.05) is 38.7 Å². The minimum Gasteiger partial charge on any atom is -0.465 e. The highest BCUT2D eigenvalue weighted by molar-refractivity contribution is 6.00. The van der Waals surface area contributed by atoms with Crippen LogP contribution in [0.2, 0.25) is 0 Å². The van der Waals surface area contributed by atoms with Crippen LogP contribution in [0.1, 0.15) is 72.8 Å². The fourth-order valence-electron chi connectivity index (χ4n) is 6.23. The van der Waals surface area contributed by atoms with Crippen LogP contribution < -0.4 is 0 Å². The molecule has 7 atom stereocenters. The first kappa shape index (κ1) is 30.7. The van der Waals surface area contributed by atoms with Gasteiger partial charge in [0.05, 0.1) is 18.3 Å². The van der Waals surface area contributed by atoms with Gasteiger partial charge in [-0.2, -0.15) is 0 Å². The summed E-state index contributed by atoms with van der Waals surface area (Å²) in [5.74, 6) is -1.93. The van der Waals surface area contributed by atoms with E-state index in [9.17, 15) is 19.2 Å². The Balaban J connectivity index is 1.66. The lowest BCUT2D eigenvalue weighted by Gasteiger charge is -2.29. The normalized spacial score (nSPS) is 34.2. The molecular formula is C33H42O8. The van der Waals surface area contributed by atoms with Crippen LogP contribution in [0.15, 0.2) is 48.1 Å². The SMILES string of the molecule is CC(=O)OC[C@H]1C[C@H](OC(=O)/C=C/c2ccccc2)C(=O)/C(C)=C/[C@@H]2[C@H](CC[C@@]3(C)O[C@@H]3C[C@H]1OC(C)=O)C2(C)C. The number of carbonyl (C=O) groups excluding carboxylic acids is 4. The fraction of sp³-hybridized carbons (Fsp3) is 0.576. The van der Waals surface area contributed by atoms with Crippen LogP contribution in [-0.4, -0.2) is 54.2 Å². The van der Waals surface area contributed by atoms with E-state index in [-0.39, 0.29) is 41.8 Å². The lowest BCUT2D eigenvalue weighted by atomic mass is 9.87. The van der Waals surface area contributed by atoms with E-state index < -0.39 is 36.0 Å². The van der Waals surface area contributed by atoms with E-state index in [4.69, 9.17) is 18.9 Å². The molecule has 8 nitrogen and oxygen atoms in total. The van der Waals surface area contributed by atoms with Gasteiger partial charge >= 0.3 is 17.9 Å². The summed E-state index contributed by atoms with van der Waals surface area (Å²) >= 11 is 0. The number of Topliss-reactive ketones (excluding diaryl/α,β-unsaturated/α-hetero) is 1. The summed E-state index contributed by atoms with van der Waals surface area (Å²) in [7, 11) is 0. The first-order valence-corrected chi connectivity index (χ1v) is 14.4. The molecule has 0 bridgehead atoms. The molecule has 1 aromatic rings. The lowest BCUT2D eigenvalue weighted by Crippen LogP contribution is -2.38. The molecule has 1 heterocycles. The Morgan fingerprint density at radius 2 is 1.73 bits per heavy atom. The van der Waals surface area contributed by atoms with Crippen LogP contribution >= 0.6 is 0 Å². The smallest absolute Gasteiger partial charge is 0.331 e. The third-order valence-electron chi connectivity index (χ3n) is 9.01. The Bertz CT molecular complexity index is 1210. The molecule has 2 fully saturated rings. The van der Waals surface area contributed by atoms with Crippen molar-refractivity contribution in [1.82, 2.24) is 0 Å². The molecule has 0 unspecified atom stereocenters. The zero-order valence-corrected chi connectivity index (χ0v) is 24.9. The Labute approximate surface area is 242 Å². The van der Waals surface area contributed by atoms with Gasteiger partial charge in [-0.15, -0.1) is 0 Å². The molecule has 0 radical (unpaired) electrons. The van der Waals surface area contributed by atoms with Gasteiger partial charge in [0.1, 0.15) is 6.10 Å². The van der Waals surface area contributed by atoms with Crippen molar-refractivity contribution < 1.29 is 38.1 Å². The molecule has 1 saturated heterocycles. The van der Waals surface area contributed by atoms with Gasteiger partial charge in [-0.05, 0) is 61.2 Å². The molecule has 1 saturated carbocycles. The molecule has 0 aromatic heterocycles. The summed E-state index contributed by atoms with van der Waals surface area (Å²) < 4.78 is 23.0. The van der Waals surface area contributed by atoms with Gasteiger partial charge in [-0.25, -0.2) is 4.79 Å². The maximum absolute atomic E-state index is 13.8. The average molecular weight is 567 g/mol. The molecule has 1 aliphatic heterocycles. The summed E-state index contributed by atoms with van der Waals surface area (Å²) in [5.41, 5.74) is 1.05. The Morgan fingerprint density at radius 3 is 2.39 bits per heavy atom. The first-order chi connectivity index (χ1) is 19.3. The number of carbonyl (C=O) groups is 4. The minimum absolute atomic E-state index is 0.0150. The van der Waals surface area contributed by atoms with Gasteiger partial charge in [0.2, 0.25) is 0 Å². The van der Waals surface area contributed by atoms with Crippen molar-refractivity contribution in [3.8, 4) is 0 Å². The van der Waals surface area contributed by atoms with E-state index in [1.165, 1.54) is 19.9 Å². The quantitative estimate of drug-likeness (QED) is 0.199. The second kappa shape index (κ2) is 12.3. The van der Waals surface area contributed by atoms with E-state index in [0.717, 1.165) is 18.4 Å². The molecule has 4 rings (SSSR count). The first-order valence-electron chi connectivity index (χ1n) is 14.4. The van der Waals surface area contributed by atoms with Crippen molar-refractivity contribution in [2.24, 2.45) is 23.2 Å². The molecule has 3 aliphatic rings. The number of ketones is 1. The predicted octanol–water partition coefficient (Wildman–Crippen LogP) is 5.24. The summed E-state index contributed by atoms with van der Waals surface area (Å²) in [4.78, 5) is 50.7. The summed E-state index contributed by atoms with van der Waals surface area (Å²) in [6, 6.07) is 9.29. The highest BCUT2D eigenvalue weighted by Gasteiger charge is 2.59. The third kappa shape index (κ3) is 7.73. The van der Waals surface area contributed by atoms with Crippen molar-refractivity contribution in [3.05, 3.63) is 53.6 Å². The number of hydrogen-bond donors (Lipinski definition) is 0. The maximum Gasteiger partial charge on any atom is 0.331 e. The van der Waals surface area contributed by atoms with Crippen LogP contribution in [0.4, 0.5) is 0 Å². The van der Waals surface area contributed by atoms with Crippen LogP contribution in [0.3, 0.4) is 0 Å². The van der Waals surface area contributed by atoms with Gasteiger partial charge in [0.25, 0.3) is 0 Å². The number of allylic oxidation sites excluding steroid dienone is 1. The number of benzene rings is 1. The molecule has 0 amide bonds. The second-order valence-electron chi connectivity index (χ2n) is 12.5. The lowest BCUT2D eigenvalue weighted by molar-refractivity contribution is -0.159. The zero-order valence-electron chi connectivity index (χ0n) is 24.9. The van der Waals surface area contributed by atoms with E-state index in [2.05, 4.69) is 20.8 Å². The Morgan fingerprint density at radius 1 is 1.02 bits per heavy atom. The standard InChI is InChI=1S/C33H42O8/c1-20-16-26-25(32(26,4)5)14-15-33(6)29(41-33)18-27(39-22(3)35)24(19-38-21(2)34)17-28(31(20)37)40-30(36)13-12-23-10-8-7-9-11-23/h7-13,16,24-29H,14-15,17-19H2,1-6H3/b13-12+,20-16+/t24-,25+,26-,27-,28+,29-,33-/m1/s1. The van der Waals surface area contributed by atoms with Crippen LogP contribution in [0.5, 0.6) is 0 Å². The van der Waals surface area contributed by atoms with Gasteiger partial charge in [-0.3, -0.25) is 14.4 Å². The van der Waals surface area contributed by atoms with E-state index in [1.54, 1.807) is 13.0 Å². The monoisotopic (exact) mass is 566 g/mol. The van der Waals surface area contributed by atoms with Crippen LogP contribution in [0.25, 0.3) is 6.08 Å². The van der Waals surface area contributed by atoms with E-state index in [0.29, 0.717) is 17.9 Å². The Kier molecular flexibility index (Phi) is 9.22. The molecule has 222 valence electrons. The molecule has 0 spiro atoms. The summed E-state index contributed by atoms with van der Waals surface area (Å²) in [5, 5.41) is 0. The molecule has 1 aromatic carbocycles. The van der Waals surface area contributed by atoms with Crippen molar-refractivity contribution in [2.45, 2.75) is 91.1 Å². The van der Waals surface area contributed by atoms with E-state index in [1.807, 2.05) is 36.4 Å². The van der Waals surface area contributed by atoms with Crippen molar-refractivity contribution in [2.75, 3.05) is 6.61 Å². The Hall–Kier alpha value is -3.26. The van der Waals surface area contributed by atoms with Crippen molar-refractivity contribution >= 4 is 29.8 Å². The van der Waals surface area contributed by atoms with Crippen molar-refractivity contribution in [3.63, 3.8) is 0 Å². The largest absolute Gasteiger partial charge is 0.465 e. The van der Waals surface area contributed by atoms with Gasteiger partial charge in [-0.1, -0.05) is 50.3 Å². The molecule has 2 aliphatic carbocycles. The number of ether oxygens (including phenoxy) is 4. The fourth-order valence-corrected chi connectivity index (χ4v) is 6.23. The topological polar surface area (TPSA) is 108 Å². The summed E-state index contributed by atoms with van der Waals surface area (Å²) in [6.07, 6.45) is 5.13. The summed E-state index contributed by atoms with van der Waals surface area (Å²) in [6.45, 7) is 10.8. The van der Waals surface area contributed by atoms with Crippen LogP contribution in [-0.2, 0) is 38.1 Å². The number of esters is 3. The number of fused-ring (bicyclic) bond motifs is 2. The average Bonchev–Trinajstić information content (AvgIpc) is 3.71. The maximum atomic E-state index is 13.8. The number of epoxide rings is 1. The van der Waals surface area contributed by atoms with Gasteiger partial charge in [0.15, 0.2) is 11.9 Å². The van der Waals surface area contributed by atoms with Gasteiger partial charge < -0.3 is 18.9 Å². The number of hydrogen-bond acceptors (Lipinski definition) is 8. The highest BCUT2D eigenvalue weighted by Crippen LogP contribution is 2.62. The van der Waals surface area contributed by atoms with Crippen LogP contribution in [0, 0.1) is 23.2 Å². The second-order valence-corrected chi connectivity index (χ2v) is 12.5. The zero-order chi connectivity index (χ0) is 29.9. The van der Waals surface area contributed by atoms with Crippen molar-refractivity contribution in [1.29, 1.82) is 0 Å². The molecule has 0 N–H and O–H groups in total. The highest BCUT2D eigenvalue weighted by atomic mass is 16.6.